The highest BCUT2D eigenvalue weighted by molar-refractivity contribution is 7.15. The van der Waals surface area contributed by atoms with Gasteiger partial charge in [-0.3, -0.25) is 14.5 Å². The molecule has 1 aliphatic carbocycles. The molecule has 7 heteroatoms. The minimum atomic E-state index is -0.0388. The molecule has 1 aromatic heterocycles. The van der Waals surface area contributed by atoms with E-state index >= 15 is 0 Å². The molecule has 6 nitrogen and oxygen atoms in total. The molecule has 0 bridgehead atoms. The van der Waals surface area contributed by atoms with E-state index in [0.29, 0.717) is 5.01 Å². The standard InChI is InChI=1S/C11H14N4O2S/c1-2-3-12-11-14-13-8(18-11)5-15-9(16)6-4-7(6)10(15)17/h6-7H,2-5H2,1H3,(H,12,14). The second-order valence-electron chi connectivity index (χ2n) is 4.64. The lowest BCUT2D eigenvalue weighted by Gasteiger charge is -2.13. The Kier molecular flexibility index (Phi) is 2.77. The molecule has 2 aliphatic rings. The van der Waals surface area contributed by atoms with Gasteiger partial charge in [-0.05, 0) is 12.8 Å². The van der Waals surface area contributed by atoms with Crippen molar-refractivity contribution < 1.29 is 9.59 Å². The van der Waals surface area contributed by atoms with Gasteiger partial charge in [0.05, 0.1) is 18.4 Å². The summed E-state index contributed by atoms with van der Waals surface area (Å²) in [6.07, 6.45) is 1.76. The first kappa shape index (κ1) is 11.6. The Labute approximate surface area is 108 Å². The predicted octanol–water partition coefficient (Wildman–Crippen LogP) is 0.865. The van der Waals surface area contributed by atoms with Crippen LogP contribution in [0, 0.1) is 11.8 Å². The van der Waals surface area contributed by atoms with Crippen molar-refractivity contribution in [3.63, 3.8) is 0 Å². The van der Waals surface area contributed by atoms with E-state index in [2.05, 4.69) is 22.4 Å². The summed E-state index contributed by atoms with van der Waals surface area (Å²) >= 11 is 1.40. The van der Waals surface area contributed by atoms with E-state index in [9.17, 15) is 9.59 Å². The van der Waals surface area contributed by atoms with Gasteiger partial charge < -0.3 is 5.32 Å². The first-order valence-corrected chi connectivity index (χ1v) is 6.94. The first-order valence-electron chi connectivity index (χ1n) is 6.12. The summed E-state index contributed by atoms with van der Waals surface area (Å²) < 4.78 is 0. The quantitative estimate of drug-likeness (QED) is 0.800. The van der Waals surface area contributed by atoms with Gasteiger partial charge in [-0.1, -0.05) is 18.3 Å². The molecule has 1 saturated heterocycles. The minimum Gasteiger partial charge on any atom is -0.360 e. The van der Waals surface area contributed by atoms with Gasteiger partial charge in [0.2, 0.25) is 16.9 Å². The van der Waals surface area contributed by atoms with Gasteiger partial charge in [0.15, 0.2) is 0 Å². The van der Waals surface area contributed by atoms with Gasteiger partial charge in [-0.15, -0.1) is 10.2 Å². The molecule has 0 spiro atoms. The van der Waals surface area contributed by atoms with Crippen LogP contribution in [-0.2, 0) is 16.1 Å². The number of amides is 2. The van der Waals surface area contributed by atoms with Crippen molar-refractivity contribution in [2.24, 2.45) is 11.8 Å². The Morgan fingerprint density at radius 1 is 1.33 bits per heavy atom. The van der Waals surface area contributed by atoms with Crippen LogP contribution in [0.4, 0.5) is 5.13 Å². The summed E-state index contributed by atoms with van der Waals surface area (Å²) in [4.78, 5) is 24.9. The van der Waals surface area contributed by atoms with Crippen LogP contribution in [0.5, 0.6) is 0 Å². The van der Waals surface area contributed by atoms with E-state index < -0.39 is 0 Å². The lowest BCUT2D eigenvalue weighted by Crippen LogP contribution is -2.32. The zero-order valence-electron chi connectivity index (χ0n) is 10.0. The fourth-order valence-electron chi connectivity index (χ4n) is 2.16. The van der Waals surface area contributed by atoms with Crippen molar-refractivity contribution in [2.75, 3.05) is 11.9 Å². The Balaban J connectivity index is 1.64. The number of hydrogen-bond acceptors (Lipinski definition) is 6. The molecule has 0 aromatic carbocycles. The number of nitrogens with zero attached hydrogens (tertiary/aromatic N) is 3. The highest BCUT2D eigenvalue weighted by atomic mass is 32.1. The smallest absolute Gasteiger partial charge is 0.233 e. The van der Waals surface area contributed by atoms with Crippen molar-refractivity contribution in [3.8, 4) is 0 Å². The van der Waals surface area contributed by atoms with Crippen LogP contribution < -0.4 is 5.32 Å². The lowest BCUT2D eigenvalue weighted by molar-refractivity contribution is -0.142. The van der Waals surface area contributed by atoms with Crippen LogP contribution >= 0.6 is 11.3 Å². The summed E-state index contributed by atoms with van der Waals surface area (Å²) in [5, 5.41) is 12.6. The molecule has 1 aromatic rings. The van der Waals surface area contributed by atoms with Gasteiger partial charge in [0.1, 0.15) is 5.01 Å². The molecule has 96 valence electrons. The van der Waals surface area contributed by atoms with Crippen LogP contribution in [0.2, 0.25) is 0 Å². The van der Waals surface area contributed by atoms with E-state index in [1.165, 1.54) is 16.2 Å². The third-order valence-corrected chi connectivity index (χ3v) is 4.11. The molecule has 2 atom stereocenters. The zero-order chi connectivity index (χ0) is 12.7. The Hall–Kier alpha value is -1.50. The highest BCUT2D eigenvalue weighted by Crippen LogP contribution is 2.47. The van der Waals surface area contributed by atoms with E-state index in [0.717, 1.165) is 24.5 Å². The Morgan fingerprint density at radius 2 is 2.06 bits per heavy atom. The molecule has 2 unspecified atom stereocenters. The van der Waals surface area contributed by atoms with E-state index in [4.69, 9.17) is 0 Å². The monoisotopic (exact) mass is 266 g/mol. The van der Waals surface area contributed by atoms with Crippen molar-refractivity contribution >= 4 is 28.3 Å². The maximum Gasteiger partial charge on any atom is 0.233 e. The molecule has 2 fully saturated rings. The van der Waals surface area contributed by atoms with Crippen LogP contribution in [0.3, 0.4) is 0 Å². The largest absolute Gasteiger partial charge is 0.360 e. The number of nitrogens with one attached hydrogen (secondary N) is 1. The fraction of sp³-hybridized carbons (Fsp3) is 0.636. The molecular weight excluding hydrogens is 252 g/mol. The van der Waals surface area contributed by atoms with E-state index in [-0.39, 0.29) is 30.2 Å². The van der Waals surface area contributed by atoms with E-state index in [1.807, 2.05) is 0 Å². The molecule has 2 amide bonds. The topological polar surface area (TPSA) is 75.2 Å². The summed E-state index contributed by atoms with van der Waals surface area (Å²) in [6.45, 7) is 3.19. The summed E-state index contributed by atoms with van der Waals surface area (Å²) in [5.74, 6) is -0.155. The molecule has 0 radical (unpaired) electrons. The number of likely N-dealkylation sites (tertiary alicyclic amines) is 1. The molecule has 1 aliphatic heterocycles. The number of rotatable bonds is 5. The second kappa shape index (κ2) is 4.31. The first-order chi connectivity index (χ1) is 8.70. The minimum absolute atomic E-state index is 0.0386. The number of aromatic nitrogens is 2. The van der Waals surface area contributed by atoms with Gasteiger partial charge in [0.25, 0.3) is 0 Å². The molecule has 18 heavy (non-hydrogen) atoms. The van der Waals surface area contributed by atoms with Gasteiger partial charge >= 0.3 is 0 Å². The number of fused-ring (bicyclic) bond motifs is 1. The average Bonchev–Trinajstić information content (AvgIpc) is 2.99. The maximum atomic E-state index is 11.8. The number of hydrogen-bond donors (Lipinski definition) is 1. The predicted molar refractivity (Wildman–Crippen MR) is 65.8 cm³/mol. The number of anilines is 1. The third kappa shape index (κ3) is 1.88. The average molecular weight is 266 g/mol. The van der Waals surface area contributed by atoms with Crippen LogP contribution in [-0.4, -0.2) is 33.5 Å². The van der Waals surface area contributed by atoms with Crippen LogP contribution in [0.1, 0.15) is 24.8 Å². The van der Waals surface area contributed by atoms with E-state index in [1.54, 1.807) is 0 Å². The van der Waals surface area contributed by atoms with Crippen molar-refractivity contribution in [1.29, 1.82) is 0 Å². The van der Waals surface area contributed by atoms with Gasteiger partial charge in [0, 0.05) is 6.54 Å². The molecule has 1 N–H and O–H groups in total. The molecule has 2 heterocycles. The Morgan fingerprint density at radius 3 is 2.72 bits per heavy atom. The summed E-state index contributed by atoms with van der Waals surface area (Å²) in [6, 6.07) is 0. The number of piperidine rings is 1. The molecular formula is C11H14N4O2S. The molecule has 3 rings (SSSR count). The highest BCUT2D eigenvalue weighted by Gasteiger charge is 2.58. The zero-order valence-corrected chi connectivity index (χ0v) is 10.9. The van der Waals surface area contributed by atoms with Gasteiger partial charge in [-0.25, -0.2) is 0 Å². The SMILES string of the molecule is CCCNc1nnc(CN2C(=O)C3CC3C2=O)s1. The summed E-state index contributed by atoms with van der Waals surface area (Å²) in [5.41, 5.74) is 0. The second-order valence-corrected chi connectivity index (χ2v) is 5.70. The van der Waals surface area contributed by atoms with Crippen molar-refractivity contribution in [1.82, 2.24) is 15.1 Å². The summed E-state index contributed by atoms with van der Waals surface area (Å²) in [7, 11) is 0. The number of imide groups is 1. The van der Waals surface area contributed by atoms with Crippen LogP contribution in [0.15, 0.2) is 0 Å². The van der Waals surface area contributed by atoms with Crippen molar-refractivity contribution in [2.45, 2.75) is 26.3 Å². The number of carbonyl (C=O) groups excluding carboxylic acids is 2. The Bertz CT molecular complexity index is 481. The van der Waals surface area contributed by atoms with Gasteiger partial charge in [-0.2, -0.15) is 0 Å². The lowest BCUT2D eigenvalue weighted by atomic mass is 10.4. The molecule has 1 saturated carbocycles. The fourth-order valence-corrected chi connectivity index (χ4v) is 2.92. The normalized spacial score (nSPS) is 25.5. The number of carbonyl (C=O) groups is 2. The third-order valence-electron chi connectivity index (χ3n) is 3.24. The van der Waals surface area contributed by atoms with Crippen molar-refractivity contribution in [3.05, 3.63) is 5.01 Å². The van der Waals surface area contributed by atoms with Crippen LogP contribution in [0.25, 0.3) is 0 Å². The maximum absolute atomic E-state index is 11.8.